The Labute approximate surface area is 107 Å². The standard InChI is InChI=1S/C12H21N3OS/c1-2-7-13-10(16)8-14-11-15-12(9-17-11)5-3-4-6-12/h2-9H2,1H3,(H,13,16)(H,14,15). The van der Waals surface area contributed by atoms with Gasteiger partial charge in [0, 0.05) is 17.8 Å². The summed E-state index contributed by atoms with van der Waals surface area (Å²) in [6.45, 7) is 3.05. The van der Waals surface area contributed by atoms with Crippen LogP contribution in [0.5, 0.6) is 0 Å². The topological polar surface area (TPSA) is 53.5 Å². The lowest BCUT2D eigenvalue weighted by atomic mass is 10.0. The van der Waals surface area contributed by atoms with Crippen LogP contribution in [0.4, 0.5) is 0 Å². The molecule has 2 aliphatic rings. The van der Waals surface area contributed by atoms with E-state index in [-0.39, 0.29) is 12.5 Å². The molecule has 1 spiro atoms. The number of nitrogens with zero attached hydrogens (tertiary/aromatic N) is 1. The summed E-state index contributed by atoms with van der Waals surface area (Å²) < 4.78 is 0. The zero-order chi connectivity index (χ0) is 12.1. The Bertz CT molecular complexity index is 311. The Morgan fingerprint density at radius 2 is 2.29 bits per heavy atom. The Hall–Kier alpha value is -0.710. The Morgan fingerprint density at radius 3 is 3.00 bits per heavy atom. The van der Waals surface area contributed by atoms with Gasteiger partial charge >= 0.3 is 0 Å². The van der Waals surface area contributed by atoms with Gasteiger partial charge in [-0.15, -0.1) is 0 Å². The molecule has 1 amide bonds. The average Bonchev–Trinajstić information content (AvgIpc) is 2.95. The predicted molar refractivity (Wildman–Crippen MR) is 72.4 cm³/mol. The van der Waals surface area contributed by atoms with Crippen LogP contribution in [0.2, 0.25) is 0 Å². The number of amidine groups is 1. The molecule has 0 unspecified atom stereocenters. The summed E-state index contributed by atoms with van der Waals surface area (Å²) in [4.78, 5) is 15.8. The van der Waals surface area contributed by atoms with Crippen molar-refractivity contribution in [1.29, 1.82) is 0 Å². The van der Waals surface area contributed by atoms with Crippen LogP contribution < -0.4 is 10.6 Å². The van der Waals surface area contributed by atoms with E-state index in [4.69, 9.17) is 0 Å². The summed E-state index contributed by atoms with van der Waals surface area (Å²) in [7, 11) is 0. The van der Waals surface area contributed by atoms with Gasteiger partial charge in [0.15, 0.2) is 5.17 Å². The zero-order valence-electron chi connectivity index (χ0n) is 10.4. The van der Waals surface area contributed by atoms with Crippen LogP contribution in [-0.4, -0.2) is 35.5 Å². The van der Waals surface area contributed by atoms with Crippen LogP contribution in [0, 0.1) is 0 Å². The number of carbonyl (C=O) groups excluding carboxylic acids is 1. The van der Waals surface area contributed by atoms with Gasteiger partial charge in [-0.25, -0.2) is 0 Å². The summed E-state index contributed by atoms with van der Waals surface area (Å²) >= 11 is 1.76. The maximum Gasteiger partial charge on any atom is 0.241 e. The fraction of sp³-hybridized carbons (Fsp3) is 0.833. The molecule has 2 rings (SSSR count). The monoisotopic (exact) mass is 255 g/mol. The molecule has 0 aromatic heterocycles. The van der Waals surface area contributed by atoms with E-state index < -0.39 is 0 Å². The Balaban J connectivity index is 1.77. The highest BCUT2D eigenvalue weighted by Gasteiger charge is 2.39. The van der Waals surface area contributed by atoms with Gasteiger partial charge in [-0.1, -0.05) is 31.5 Å². The zero-order valence-corrected chi connectivity index (χ0v) is 11.2. The second-order valence-electron chi connectivity index (χ2n) is 4.87. The molecule has 17 heavy (non-hydrogen) atoms. The maximum atomic E-state index is 11.4. The van der Waals surface area contributed by atoms with Crippen LogP contribution in [0.15, 0.2) is 4.99 Å². The molecule has 1 aliphatic carbocycles. The molecule has 5 heteroatoms. The lowest BCUT2D eigenvalue weighted by Gasteiger charge is -2.21. The van der Waals surface area contributed by atoms with E-state index in [1.165, 1.54) is 25.7 Å². The van der Waals surface area contributed by atoms with Crippen molar-refractivity contribution in [1.82, 2.24) is 10.6 Å². The molecule has 4 nitrogen and oxygen atoms in total. The van der Waals surface area contributed by atoms with Crippen LogP contribution in [-0.2, 0) is 4.79 Å². The smallest absolute Gasteiger partial charge is 0.241 e. The minimum Gasteiger partial charge on any atom is -0.359 e. The van der Waals surface area contributed by atoms with Gasteiger partial charge in [0.1, 0.15) is 6.54 Å². The van der Waals surface area contributed by atoms with E-state index in [0.717, 1.165) is 23.9 Å². The second-order valence-corrected chi connectivity index (χ2v) is 5.84. The number of amides is 1. The molecule has 0 radical (unpaired) electrons. The molecule has 2 N–H and O–H groups in total. The molecule has 0 aromatic rings. The third-order valence-electron chi connectivity index (χ3n) is 3.36. The van der Waals surface area contributed by atoms with Crippen molar-refractivity contribution >= 4 is 22.8 Å². The van der Waals surface area contributed by atoms with E-state index in [0.29, 0.717) is 5.54 Å². The highest BCUT2D eigenvalue weighted by molar-refractivity contribution is 8.14. The lowest BCUT2D eigenvalue weighted by Crippen LogP contribution is -2.41. The molecule has 1 saturated heterocycles. The van der Waals surface area contributed by atoms with Gasteiger partial charge in [-0.3, -0.25) is 9.79 Å². The third-order valence-corrected chi connectivity index (χ3v) is 4.56. The van der Waals surface area contributed by atoms with Crippen molar-refractivity contribution in [2.75, 3.05) is 18.8 Å². The van der Waals surface area contributed by atoms with E-state index >= 15 is 0 Å². The van der Waals surface area contributed by atoms with E-state index in [1.54, 1.807) is 11.8 Å². The molecular weight excluding hydrogens is 234 g/mol. The van der Waals surface area contributed by atoms with E-state index in [2.05, 4.69) is 15.6 Å². The first-order chi connectivity index (χ1) is 8.24. The average molecular weight is 255 g/mol. The minimum absolute atomic E-state index is 0.0223. The molecule has 0 atom stereocenters. The van der Waals surface area contributed by atoms with Crippen molar-refractivity contribution in [3.05, 3.63) is 0 Å². The molecular formula is C12H21N3OS. The first-order valence-electron chi connectivity index (χ1n) is 6.46. The van der Waals surface area contributed by atoms with E-state index in [1.807, 2.05) is 6.92 Å². The second kappa shape index (κ2) is 5.76. The van der Waals surface area contributed by atoms with Gasteiger partial charge in [0.2, 0.25) is 5.91 Å². The van der Waals surface area contributed by atoms with Crippen molar-refractivity contribution in [3.8, 4) is 0 Å². The summed E-state index contributed by atoms with van der Waals surface area (Å²) in [5.41, 5.74) is 0.295. The van der Waals surface area contributed by atoms with Crippen LogP contribution in [0.1, 0.15) is 39.0 Å². The number of carbonyl (C=O) groups is 1. The van der Waals surface area contributed by atoms with Crippen LogP contribution in [0.3, 0.4) is 0 Å². The first kappa shape index (κ1) is 12.7. The molecule has 96 valence electrons. The summed E-state index contributed by atoms with van der Waals surface area (Å²) in [5.74, 6) is 1.14. The highest BCUT2D eigenvalue weighted by atomic mass is 32.2. The Kier molecular flexibility index (Phi) is 4.31. The minimum atomic E-state index is 0.0223. The maximum absolute atomic E-state index is 11.4. The first-order valence-corrected chi connectivity index (χ1v) is 7.45. The van der Waals surface area contributed by atoms with Crippen LogP contribution in [0.25, 0.3) is 0 Å². The van der Waals surface area contributed by atoms with Gasteiger partial charge in [-0.05, 0) is 19.3 Å². The quantitative estimate of drug-likeness (QED) is 0.801. The fourth-order valence-corrected chi connectivity index (χ4v) is 3.59. The number of aliphatic imine (C=N–C) groups is 1. The van der Waals surface area contributed by atoms with Gasteiger partial charge in [0.25, 0.3) is 0 Å². The third kappa shape index (κ3) is 3.37. The number of rotatable bonds is 4. The molecule has 0 bridgehead atoms. The number of hydrogen-bond acceptors (Lipinski definition) is 3. The number of thioether (sulfide) groups is 1. The highest BCUT2D eigenvalue weighted by Crippen LogP contribution is 2.37. The summed E-state index contributed by atoms with van der Waals surface area (Å²) in [6, 6.07) is 0. The molecule has 1 heterocycles. The predicted octanol–water partition coefficient (Wildman–Crippen LogP) is 1.52. The summed E-state index contributed by atoms with van der Waals surface area (Å²) in [5, 5.41) is 7.30. The lowest BCUT2D eigenvalue weighted by molar-refractivity contribution is -0.119. The van der Waals surface area contributed by atoms with Crippen molar-refractivity contribution < 1.29 is 4.79 Å². The molecule has 0 aromatic carbocycles. The largest absolute Gasteiger partial charge is 0.359 e. The number of hydrogen-bond donors (Lipinski definition) is 2. The molecule has 1 aliphatic heterocycles. The molecule has 2 fully saturated rings. The number of nitrogens with one attached hydrogen (secondary N) is 2. The fourth-order valence-electron chi connectivity index (χ4n) is 2.38. The van der Waals surface area contributed by atoms with E-state index in [9.17, 15) is 4.79 Å². The normalized spacial score (nSPS) is 24.2. The summed E-state index contributed by atoms with van der Waals surface area (Å²) in [6.07, 6.45) is 6.11. The molecule has 1 saturated carbocycles. The van der Waals surface area contributed by atoms with Crippen molar-refractivity contribution in [2.24, 2.45) is 4.99 Å². The van der Waals surface area contributed by atoms with Crippen molar-refractivity contribution in [2.45, 2.75) is 44.6 Å². The van der Waals surface area contributed by atoms with Crippen molar-refractivity contribution in [3.63, 3.8) is 0 Å². The van der Waals surface area contributed by atoms with Crippen LogP contribution >= 0.6 is 11.8 Å². The van der Waals surface area contributed by atoms with Gasteiger partial charge in [-0.2, -0.15) is 0 Å². The SMILES string of the molecule is CCCNC(=O)CN=C1NC2(CCCC2)CS1. The Morgan fingerprint density at radius 1 is 1.53 bits per heavy atom. The van der Waals surface area contributed by atoms with Gasteiger partial charge < -0.3 is 10.6 Å². The van der Waals surface area contributed by atoms with Gasteiger partial charge in [0.05, 0.1) is 0 Å².